The molecule has 2 aliphatic rings. The number of ether oxygens (including phenoxy) is 1. The molecule has 2 aliphatic heterocycles. The van der Waals surface area contributed by atoms with Crippen molar-refractivity contribution in [2.75, 3.05) is 5.73 Å². The van der Waals surface area contributed by atoms with Crippen molar-refractivity contribution in [1.82, 2.24) is 5.32 Å². The minimum Gasteiger partial charge on any atom is -0.394 e. The lowest BCUT2D eigenvalue weighted by molar-refractivity contribution is 0.0840. The average Bonchev–Trinajstić information content (AvgIpc) is 2.97. The Kier molecular flexibility index (Phi) is 2.89. The summed E-state index contributed by atoms with van der Waals surface area (Å²) in [5.41, 5.74) is 4.53. The van der Waals surface area contributed by atoms with Gasteiger partial charge in [-0.15, -0.1) is 0 Å². The van der Waals surface area contributed by atoms with Gasteiger partial charge in [-0.05, 0) is 31.4 Å². The van der Waals surface area contributed by atoms with E-state index in [1.54, 1.807) is 0 Å². The Balaban J connectivity index is 1.74. The number of carbonyl (C=O) groups is 1. The predicted octanol–water partition coefficient (Wildman–Crippen LogP) is 1.60. The minimum atomic E-state index is -0.922. The number of anilines is 1. The van der Waals surface area contributed by atoms with Crippen molar-refractivity contribution in [2.24, 2.45) is 0 Å². The molecule has 19 heavy (non-hydrogen) atoms. The first-order chi connectivity index (χ1) is 9.04. The summed E-state index contributed by atoms with van der Waals surface area (Å²) < 4.78 is 32.2. The van der Waals surface area contributed by atoms with Gasteiger partial charge in [-0.3, -0.25) is 4.79 Å². The molecule has 3 rings (SSSR count). The number of amides is 1. The van der Waals surface area contributed by atoms with Crippen LogP contribution >= 0.6 is 0 Å². The maximum Gasteiger partial charge on any atom is 0.251 e. The molecule has 0 radical (unpaired) electrons. The van der Waals surface area contributed by atoms with Crippen LogP contribution in [0.1, 0.15) is 29.6 Å². The van der Waals surface area contributed by atoms with Crippen LogP contribution < -0.4 is 11.1 Å². The maximum atomic E-state index is 13.3. The fourth-order valence-corrected chi connectivity index (χ4v) is 2.76. The SMILES string of the molecule is Nc1c(F)cc(C(=O)NC2CC3CCC2O3)cc1F. The highest BCUT2D eigenvalue weighted by molar-refractivity contribution is 5.94. The van der Waals surface area contributed by atoms with E-state index in [1.165, 1.54) is 0 Å². The zero-order chi connectivity index (χ0) is 13.6. The standard InChI is InChI=1S/C13H14F2N2O2/c14-8-3-6(4-9(15)12(8)16)13(18)17-10-5-7-1-2-11(10)19-7/h3-4,7,10-11H,1-2,5,16H2,(H,17,18). The molecule has 2 saturated heterocycles. The normalized spacial score (nSPS) is 28.6. The Morgan fingerprint density at radius 3 is 2.53 bits per heavy atom. The van der Waals surface area contributed by atoms with Crippen LogP contribution in [0.15, 0.2) is 12.1 Å². The maximum absolute atomic E-state index is 13.3. The molecule has 0 aromatic heterocycles. The van der Waals surface area contributed by atoms with Gasteiger partial charge in [-0.25, -0.2) is 8.78 Å². The molecule has 0 aliphatic carbocycles. The smallest absolute Gasteiger partial charge is 0.251 e. The summed E-state index contributed by atoms with van der Waals surface area (Å²) in [4.78, 5) is 12.0. The van der Waals surface area contributed by atoms with E-state index in [-0.39, 0.29) is 23.8 Å². The van der Waals surface area contributed by atoms with Crippen LogP contribution in [0.25, 0.3) is 0 Å². The van der Waals surface area contributed by atoms with Crippen molar-refractivity contribution in [3.8, 4) is 0 Å². The van der Waals surface area contributed by atoms with E-state index in [9.17, 15) is 13.6 Å². The summed E-state index contributed by atoms with van der Waals surface area (Å²) in [6.45, 7) is 0. The van der Waals surface area contributed by atoms with E-state index in [0.29, 0.717) is 0 Å². The van der Waals surface area contributed by atoms with Gasteiger partial charge < -0.3 is 15.8 Å². The highest BCUT2D eigenvalue weighted by Gasteiger charge is 2.41. The Hall–Kier alpha value is -1.69. The molecule has 1 aromatic carbocycles. The second-order valence-corrected chi connectivity index (χ2v) is 5.04. The number of nitrogens with one attached hydrogen (secondary N) is 1. The summed E-state index contributed by atoms with van der Waals surface area (Å²) in [6, 6.07) is 1.82. The zero-order valence-corrected chi connectivity index (χ0v) is 10.2. The van der Waals surface area contributed by atoms with Crippen molar-refractivity contribution in [2.45, 2.75) is 37.5 Å². The van der Waals surface area contributed by atoms with E-state index in [2.05, 4.69) is 5.32 Å². The van der Waals surface area contributed by atoms with Crippen molar-refractivity contribution in [3.05, 3.63) is 29.3 Å². The zero-order valence-electron chi connectivity index (χ0n) is 10.2. The first-order valence-corrected chi connectivity index (χ1v) is 6.25. The molecule has 4 nitrogen and oxygen atoms in total. The third-order valence-corrected chi connectivity index (χ3v) is 3.76. The molecule has 2 fully saturated rings. The largest absolute Gasteiger partial charge is 0.394 e. The van der Waals surface area contributed by atoms with Crippen molar-refractivity contribution in [1.29, 1.82) is 0 Å². The number of fused-ring (bicyclic) bond motifs is 2. The molecule has 2 bridgehead atoms. The van der Waals surface area contributed by atoms with Gasteiger partial charge >= 0.3 is 0 Å². The second-order valence-electron chi connectivity index (χ2n) is 5.04. The summed E-state index contributed by atoms with van der Waals surface area (Å²) in [7, 11) is 0. The summed E-state index contributed by atoms with van der Waals surface area (Å²) in [5, 5.41) is 2.76. The fraction of sp³-hybridized carbons (Fsp3) is 0.462. The molecule has 3 N–H and O–H groups in total. The van der Waals surface area contributed by atoms with Gasteiger partial charge in [0, 0.05) is 5.56 Å². The molecular weight excluding hydrogens is 254 g/mol. The lowest BCUT2D eigenvalue weighted by atomic mass is 9.95. The molecule has 2 heterocycles. The highest BCUT2D eigenvalue weighted by Crippen LogP contribution is 2.34. The van der Waals surface area contributed by atoms with Crippen molar-refractivity contribution in [3.63, 3.8) is 0 Å². The second kappa shape index (κ2) is 4.45. The lowest BCUT2D eigenvalue weighted by Gasteiger charge is -2.20. The number of halogens is 2. The van der Waals surface area contributed by atoms with Gasteiger partial charge in [0.1, 0.15) is 17.3 Å². The number of hydrogen-bond donors (Lipinski definition) is 2. The average molecular weight is 268 g/mol. The van der Waals surface area contributed by atoms with Crippen LogP contribution in [-0.2, 0) is 4.74 Å². The topological polar surface area (TPSA) is 64.4 Å². The van der Waals surface area contributed by atoms with Crippen molar-refractivity contribution < 1.29 is 18.3 Å². The van der Waals surface area contributed by atoms with E-state index in [4.69, 9.17) is 10.5 Å². The Morgan fingerprint density at radius 1 is 1.32 bits per heavy atom. The summed E-state index contributed by atoms with van der Waals surface area (Å²) >= 11 is 0. The lowest BCUT2D eigenvalue weighted by Crippen LogP contribution is -2.41. The first kappa shape index (κ1) is 12.3. The molecule has 102 valence electrons. The van der Waals surface area contributed by atoms with Gasteiger partial charge in [0.05, 0.1) is 18.2 Å². The third kappa shape index (κ3) is 2.16. The fourth-order valence-electron chi connectivity index (χ4n) is 2.76. The van der Waals surface area contributed by atoms with Crippen molar-refractivity contribution >= 4 is 11.6 Å². The summed E-state index contributed by atoms with van der Waals surface area (Å²) in [6.07, 6.45) is 2.92. The quantitative estimate of drug-likeness (QED) is 0.801. The number of nitrogen functional groups attached to an aromatic ring is 1. The highest BCUT2D eigenvalue weighted by atomic mass is 19.1. The van der Waals surface area contributed by atoms with Crippen LogP contribution in [0.4, 0.5) is 14.5 Å². The van der Waals surface area contributed by atoms with Gasteiger partial charge in [0.25, 0.3) is 5.91 Å². The summed E-state index contributed by atoms with van der Waals surface area (Å²) in [5.74, 6) is -2.34. The molecule has 3 atom stereocenters. The Bertz CT molecular complexity index is 512. The van der Waals surface area contributed by atoms with Crippen LogP contribution in [0, 0.1) is 11.6 Å². The molecule has 3 unspecified atom stereocenters. The monoisotopic (exact) mass is 268 g/mol. The van der Waals surface area contributed by atoms with E-state index in [0.717, 1.165) is 31.4 Å². The van der Waals surface area contributed by atoms with Crippen LogP contribution in [0.3, 0.4) is 0 Å². The first-order valence-electron chi connectivity index (χ1n) is 6.25. The van der Waals surface area contributed by atoms with Gasteiger partial charge in [0.2, 0.25) is 0 Å². The van der Waals surface area contributed by atoms with Crippen LogP contribution in [-0.4, -0.2) is 24.2 Å². The minimum absolute atomic E-state index is 0.0254. The molecule has 1 aromatic rings. The van der Waals surface area contributed by atoms with E-state index in [1.807, 2.05) is 0 Å². The number of benzene rings is 1. The molecule has 0 spiro atoms. The Labute approximate surface area is 108 Å². The van der Waals surface area contributed by atoms with Gasteiger partial charge in [-0.2, -0.15) is 0 Å². The Morgan fingerprint density at radius 2 is 2.00 bits per heavy atom. The number of hydrogen-bond acceptors (Lipinski definition) is 3. The van der Waals surface area contributed by atoms with Gasteiger partial charge in [0.15, 0.2) is 0 Å². The molecular formula is C13H14F2N2O2. The molecule has 6 heteroatoms. The van der Waals surface area contributed by atoms with Gasteiger partial charge in [-0.1, -0.05) is 0 Å². The molecule has 1 amide bonds. The van der Waals surface area contributed by atoms with E-state index < -0.39 is 23.2 Å². The third-order valence-electron chi connectivity index (χ3n) is 3.76. The van der Waals surface area contributed by atoms with Crippen LogP contribution in [0.2, 0.25) is 0 Å². The van der Waals surface area contributed by atoms with Crippen LogP contribution in [0.5, 0.6) is 0 Å². The number of nitrogens with two attached hydrogens (primary N) is 1. The predicted molar refractivity (Wildman–Crippen MR) is 64.5 cm³/mol. The number of carbonyl (C=O) groups excluding carboxylic acids is 1. The van der Waals surface area contributed by atoms with E-state index >= 15 is 0 Å². The molecule has 0 saturated carbocycles. The number of rotatable bonds is 2.